The lowest BCUT2D eigenvalue weighted by Crippen LogP contribution is -2.30. The Bertz CT molecular complexity index is 1390. The first-order valence-corrected chi connectivity index (χ1v) is 25.6. The molecule has 0 aromatic carbocycles. The van der Waals surface area contributed by atoms with Gasteiger partial charge in [0.25, 0.3) is 0 Å². The lowest BCUT2D eigenvalue weighted by Gasteiger charge is -2.18. The van der Waals surface area contributed by atoms with E-state index in [0.29, 0.717) is 19.3 Å². The largest absolute Gasteiger partial charge is 0.462 e. The molecule has 0 aliphatic rings. The van der Waals surface area contributed by atoms with Crippen LogP contribution < -0.4 is 0 Å². The molecular weight excluding hydrogens is 793 g/mol. The Morgan fingerprint density at radius 1 is 0.344 bits per heavy atom. The highest BCUT2D eigenvalue weighted by Crippen LogP contribution is 2.12. The van der Waals surface area contributed by atoms with E-state index in [4.69, 9.17) is 14.2 Å². The number of esters is 3. The van der Waals surface area contributed by atoms with Crippen molar-refractivity contribution in [1.29, 1.82) is 0 Å². The third kappa shape index (κ3) is 48.8. The van der Waals surface area contributed by atoms with Crippen LogP contribution in [0.3, 0.4) is 0 Å². The third-order valence-electron chi connectivity index (χ3n) is 10.2. The van der Waals surface area contributed by atoms with Gasteiger partial charge in [0.2, 0.25) is 0 Å². The molecule has 0 rings (SSSR count). The maximum atomic E-state index is 12.8. The van der Waals surface area contributed by atoms with Crippen LogP contribution >= 0.6 is 0 Å². The van der Waals surface area contributed by atoms with E-state index in [1.807, 2.05) is 0 Å². The summed E-state index contributed by atoms with van der Waals surface area (Å²) in [7, 11) is 0. The molecule has 0 N–H and O–H groups in total. The summed E-state index contributed by atoms with van der Waals surface area (Å²) in [6.45, 7) is 6.28. The van der Waals surface area contributed by atoms with Crippen molar-refractivity contribution in [3.63, 3.8) is 0 Å². The van der Waals surface area contributed by atoms with Crippen molar-refractivity contribution in [2.24, 2.45) is 0 Å². The first-order chi connectivity index (χ1) is 31.5. The zero-order valence-electron chi connectivity index (χ0n) is 41.0. The van der Waals surface area contributed by atoms with Gasteiger partial charge in [0.1, 0.15) is 13.2 Å². The van der Waals surface area contributed by atoms with E-state index in [0.717, 1.165) is 128 Å². The minimum Gasteiger partial charge on any atom is -0.462 e. The second kappa shape index (κ2) is 51.4. The fraction of sp³-hybridized carbons (Fsp3) is 0.603. The summed E-state index contributed by atoms with van der Waals surface area (Å²) in [6.07, 6.45) is 70.4. The average molecular weight is 885 g/mol. The minimum atomic E-state index is -0.819. The van der Waals surface area contributed by atoms with Crippen LogP contribution in [0.15, 0.2) is 122 Å². The Labute approximate surface area is 392 Å². The summed E-state index contributed by atoms with van der Waals surface area (Å²) >= 11 is 0. The van der Waals surface area contributed by atoms with Gasteiger partial charge in [-0.3, -0.25) is 14.4 Å². The summed E-state index contributed by atoms with van der Waals surface area (Å²) < 4.78 is 16.7. The van der Waals surface area contributed by atoms with Crippen LogP contribution in [0.5, 0.6) is 0 Å². The maximum absolute atomic E-state index is 12.8. The molecule has 360 valence electrons. The lowest BCUT2D eigenvalue weighted by molar-refractivity contribution is -0.167. The second-order valence-electron chi connectivity index (χ2n) is 16.3. The van der Waals surface area contributed by atoms with Crippen LogP contribution in [0.4, 0.5) is 0 Å². The molecule has 0 saturated heterocycles. The molecule has 0 aromatic heterocycles. The van der Waals surface area contributed by atoms with Gasteiger partial charge in [0.15, 0.2) is 6.10 Å². The fourth-order valence-electron chi connectivity index (χ4n) is 6.42. The van der Waals surface area contributed by atoms with Crippen molar-refractivity contribution in [2.45, 2.75) is 213 Å². The number of hydrogen-bond acceptors (Lipinski definition) is 6. The summed E-state index contributed by atoms with van der Waals surface area (Å²) in [5.41, 5.74) is 0. The number of allylic oxidation sites excluding steroid dienone is 20. The Balaban J connectivity index is 4.56. The number of rotatable bonds is 44. The van der Waals surface area contributed by atoms with Crippen molar-refractivity contribution in [3.8, 4) is 0 Å². The Kier molecular flexibility index (Phi) is 48.1. The van der Waals surface area contributed by atoms with Gasteiger partial charge in [-0.25, -0.2) is 0 Å². The zero-order valence-corrected chi connectivity index (χ0v) is 41.0. The molecule has 1 atom stereocenters. The van der Waals surface area contributed by atoms with Gasteiger partial charge in [0.05, 0.1) is 0 Å². The van der Waals surface area contributed by atoms with E-state index in [-0.39, 0.29) is 37.5 Å². The molecule has 0 aliphatic heterocycles. The summed E-state index contributed by atoms with van der Waals surface area (Å²) in [5.74, 6) is -1.02. The Morgan fingerprint density at radius 2 is 0.672 bits per heavy atom. The van der Waals surface area contributed by atoms with Gasteiger partial charge in [0, 0.05) is 19.3 Å². The predicted octanol–water partition coefficient (Wildman–Crippen LogP) is 16.9. The molecule has 6 heteroatoms. The van der Waals surface area contributed by atoms with Gasteiger partial charge in [-0.05, 0) is 116 Å². The molecule has 0 aliphatic carbocycles. The summed E-state index contributed by atoms with van der Waals surface area (Å²) in [4.78, 5) is 38.0. The molecule has 0 amide bonds. The van der Waals surface area contributed by atoms with E-state index in [2.05, 4.69) is 142 Å². The standard InChI is InChI=1S/C58H92O6/c1-4-7-10-13-16-19-22-25-28-29-31-33-36-39-42-45-48-51-57(60)63-54-55(53-62-56(59)50-47-44-41-38-35-32-27-24-21-18-15-12-9-6-3)64-58(61)52-49-46-43-40-37-34-30-26-23-20-17-14-11-8-5-2/h7,9-10,12,16-21,23,25-28,31-33,39,42,55H,4-6,8,11,13-15,22,24,29-30,34-38,40-41,43-54H2,1-3H3/b10-7-,12-9-,19-16-,20-17-,21-18-,26-23-,28-25-,32-27-,33-31-,42-39-. The first kappa shape index (κ1) is 59.8. The van der Waals surface area contributed by atoms with E-state index in [1.54, 1.807) is 0 Å². The number of unbranched alkanes of at least 4 members (excludes halogenated alkanes) is 14. The fourth-order valence-corrected chi connectivity index (χ4v) is 6.42. The van der Waals surface area contributed by atoms with Gasteiger partial charge in [-0.2, -0.15) is 0 Å². The summed E-state index contributed by atoms with van der Waals surface area (Å²) in [6, 6.07) is 0. The highest BCUT2D eigenvalue weighted by atomic mass is 16.6. The summed E-state index contributed by atoms with van der Waals surface area (Å²) in [5, 5.41) is 0. The van der Waals surface area contributed by atoms with Crippen molar-refractivity contribution >= 4 is 17.9 Å². The second-order valence-corrected chi connectivity index (χ2v) is 16.3. The minimum absolute atomic E-state index is 0.116. The third-order valence-corrected chi connectivity index (χ3v) is 10.2. The number of carbonyl (C=O) groups is 3. The van der Waals surface area contributed by atoms with Crippen LogP contribution in [0.2, 0.25) is 0 Å². The first-order valence-electron chi connectivity index (χ1n) is 25.6. The molecular formula is C58H92O6. The zero-order chi connectivity index (χ0) is 46.5. The Morgan fingerprint density at radius 3 is 1.11 bits per heavy atom. The predicted molar refractivity (Wildman–Crippen MR) is 274 cm³/mol. The van der Waals surface area contributed by atoms with Crippen LogP contribution in [0.1, 0.15) is 207 Å². The van der Waals surface area contributed by atoms with Crippen LogP contribution in [0.25, 0.3) is 0 Å². The van der Waals surface area contributed by atoms with Crippen LogP contribution in [-0.4, -0.2) is 37.2 Å². The SMILES string of the molecule is CC/C=C\C/C=C\C/C=C\C/C=C\C/C=C\CCCC(=O)OCC(COC(=O)CCCCCC/C=C\C/C=C\C/C=C\CC)OC(=O)CCCCCCCC/C=C\C=C/CCCCC. The smallest absolute Gasteiger partial charge is 0.306 e. The van der Waals surface area contributed by atoms with Crippen molar-refractivity contribution in [1.82, 2.24) is 0 Å². The van der Waals surface area contributed by atoms with Gasteiger partial charge < -0.3 is 14.2 Å². The molecule has 0 heterocycles. The van der Waals surface area contributed by atoms with Crippen molar-refractivity contribution in [3.05, 3.63) is 122 Å². The van der Waals surface area contributed by atoms with E-state index in [9.17, 15) is 14.4 Å². The lowest BCUT2D eigenvalue weighted by atomic mass is 10.1. The van der Waals surface area contributed by atoms with Crippen molar-refractivity contribution in [2.75, 3.05) is 13.2 Å². The monoisotopic (exact) mass is 885 g/mol. The molecule has 0 fully saturated rings. The van der Waals surface area contributed by atoms with E-state index >= 15 is 0 Å². The van der Waals surface area contributed by atoms with Crippen LogP contribution in [0, 0.1) is 0 Å². The number of carbonyl (C=O) groups excluding carboxylic acids is 3. The van der Waals surface area contributed by atoms with Crippen molar-refractivity contribution < 1.29 is 28.6 Å². The van der Waals surface area contributed by atoms with E-state index in [1.165, 1.54) is 32.1 Å². The highest BCUT2D eigenvalue weighted by molar-refractivity contribution is 5.71. The van der Waals surface area contributed by atoms with E-state index < -0.39 is 6.10 Å². The maximum Gasteiger partial charge on any atom is 0.306 e. The number of ether oxygens (including phenoxy) is 3. The van der Waals surface area contributed by atoms with Gasteiger partial charge in [-0.15, -0.1) is 0 Å². The topological polar surface area (TPSA) is 78.9 Å². The molecule has 0 radical (unpaired) electrons. The molecule has 0 saturated carbocycles. The van der Waals surface area contributed by atoms with Crippen LogP contribution in [-0.2, 0) is 28.6 Å². The average Bonchev–Trinajstić information content (AvgIpc) is 3.29. The number of hydrogen-bond donors (Lipinski definition) is 0. The molecule has 0 aromatic rings. The van der Waals surface area contributed by atoms with Gasteiger partial charge in [-0.1, -0.05) is 194 Å². The quantitative estimate of drug-likeness (QED) is 0.0199. The molecule has 1 unspecified atom stereocenters. The molecule has 64 heavy (non-hydrogen) atoms. The Hall–Kier alpha value is -4.19. The van der Waals surface area contributed by atoms with Gasteiger partial charge >= 0.3 is 17.9 Å². The highest BCUT2D eigenvalue weighted by Gasteiger charge is 2.19. The molecule has 0 spiro atoms. The molecule has 0 bridgehead atoms. The molecule has 6 nitrogen and oxygen atoms in total. The normalized spacial score (nSPS) is 13.1.